The minimum atomic E-state index is -0.263. The fraction of sp³-hybridized carbons (Fsp3) is 0.300. The predicted octanol–water partition coefficient (Wildman–Crippen LogP) is 4.52. The number of ether oxygens (including phenoxy) is 1. The lowest BCUT2D eigenvalue weighted by Crippen LogP contribution is -2.35. The molecule has 25 heavy (non-hydrogen) atoms. The first kappa shape index (κ1) is 16.5. The number of nitrogens with zero attached hydrogens (tertiary/aromatic N) is 2. The van der Waals surface area contributed by atoms with Crippen molar-refractivity contribution < 1.29 is 9.26 Å². The summed E-state index contributed by atoms with van der Waals surface area (Å²) in [4.78, 5) is 4.76. The molecular weight excluding hydrogens is 380 g/mol. The molecule has 1 aliphatic heterocycles. The van der Waals surface area contributed by atoms with E-state index in [1.54, 1.807) is 0 Å². The lowest BCUT2D eigenvalue weighted by atomic mass is 9.74. The molecule has 1 aliphatic rings. The number of hydrogen-bond donors (Lipinski definition) is 0. The molecule has 1 fully saturated rings. The van der Waals surface area contributed by atoms with Gasteiger partial charge in [-0.15, -0.1) is 0 Å². The Hall–Kier alpha value is -1.98. The van der Waals surface area contributed by atoms with Crippen LogP contribution < -0.4 is 0 Å². The van der Waals surface area contributed by atoms with Gasteiger partial charge in [0.1, 0.15) is 0 Å². The normalized spacial score (nSPS) is 16.7. The molecule has 0 amide bonds. The van der Waals surface area contributed by atoms with Crippen molar-refractivity contribution >= 4 is 15.9 Å². The van der Waals surface area contributed by atoms with E-state index in [1.807, 2.05) is 18.2 Å². The van der Waals surface area contributed by atoms with Crippen LogP contribution in [-0.2, 0) is 16.6 Å². The molecule has 4 rings (SSSR count). The van der Waals surface area contributed by atoms with Gasteiger partial charge in [-0.25, -0.2) is 0 Å². The van der Waals surface area contributed by atoms with Gasteiger partial charge in [-0.3, -0.25) is 0 Å². The van der Waals surface area contributed by atoms with Gasteiger partial charge >= 0.3 is 0 Å². The van der Waals surface area contributed by atoms with Crippen molar-refractivity contribution in [3.05, 3.63) is 81.9 Å². The van der Waals surface area contributed by atoms with Crippen LogP contribution in [-0.4, -0.2) is 23.4 Å². The number of benzene rings is 2. The zero-order chi connectivity index (χ0) is 17.1. The Morgan fingerprint density at radius 2 is 1.68 bits per heavy atom. The summed E-state index contributed by atoms with van der Waals surface area (Å²) in [5.74, 6) is 1.42. The Balaban J connectivity index is 1.67. The molecule has 5 heteroatoms. The lowest BCUT2D eigenvalue weighted by Gasteiger charge is -2.34. The molecular formula is C20H19BrN2O2. The van der Waals surface area contributed by atoms with E-state index in [9.17, 15) is 0 Å². The number of aromatic nitrogens is 2. The molecule has 0 bridgehead atoms. The van der Waals surface area contributed by atoms with Crippen LogP contribution in [0.4, 0.5) is 0 Å². The molecule has 128 valence electrons. The van der Waals surface area contributed by atoms with Crippen LogP contribution in [0.1, 0.15) is 35.7 Å². The van der Waals surface area contributed by atoms with Crippen LogP contribution in [0.3, 0.4) is 0 Å². The van der Waals surface area contributed by atoms with Gasteiger partial charge in [0.2, 0.25) is 5.89 Å². The third kappa shape index (κ3) is 3.39. The molecule has 0 unspecified atom stereocenters. The van der Waals surface area contributed by atoms with E-state index in [0.717, 1.165) is 23.1 Å². The molecule has 0 N–H and O–H groups in total. The molecule has 2 heterocycles. The Morgan fingerprint density at radius 1 is 0.960 bits per heavy atom. The fourth-order valence-electron chi connectivity index (χ4n) is 3.41. The largest absolute Gasteiger partial charge is 0.381 e. The smallest absolute Gasteiger partial charge is 0.237 e. The van der Waals surface area contributed by atoms with Crippen LogP contribution in [0, 0.1) is 0 Å². The van der Waals surface area contributed by atoms with E-state index in [4.69, 9.17) is 14.2 Å². The molecule has 1 saturated heterocycles. The first-order chi connectivity index (χ1) is 12.3. The van der Waals surface area contributed by atoms with E-state index in [0.29, 0.717) is 25.5 Å². The maximum Gasteiger partial charge on any atom is 0.237 e. The summed E-state index contributed by atoms with van der Waals surface area (Å²) >= 11 is 3.51. The summed E-state index contributed by atoms with van der Waals surface area (Å²) in [7, 11) is 0. The fourth-order valence-corrected chi connectivity index (χ4v) is 3.68. The van der Waals surface area contributed by atoms with E-state index < -0.39 is 0 Å². The molecule has 0 spiro atoms. The van der Waals surface area contributed by atoms with Crippen molar-refractivity contribution in [2.75, 3.05) is 13.2 Å². The SMILES string of the molecule is Brc1ccc(C2(c3nc(Cc4ccccc4)no3)CCOCC2)cc1. The van der Waals surface area contributed by atoms with Crippen molar-refractivity contribution in [1.82, 2.24) is 10.1 Å². The second-order valence-corrected chi connectivity index (χ2v) is 7.30. The van der Waals surface area contributed by atoms with Crippen LogP contribution in [0.2, 0.25) is 0 Å². The topological polar surface area (TPSA) is 48.2 Å². The van der Waals surface area contributed by atoms with Crippen LogP contribution in [0.5, 0.6) is 0 Å². The summed E-state index contributed by atoms with van der Waals surface area (Å²) < 4.78 is 12.4. The van der Waals surface area contributed by atoms with Crippen molar-refractivity contribution in [2.24, 2.45) is 0 Å². The Labute approximate surface area is 155 Å². The molecule has 3 aromatic rings. The van der Waals surface area contributed by atoms with Gasteiger partial charge in [0.15, 0.2) is 5.82 Å². The Kier molecular flexibility index (Phi) is 4.68. The molecule has 0 aliphatic carbocycles. The Bertz CT molecular complexity index is 824. The molecule has 0 saturated carbocycles. The van der Waals surface area contributed by atoms with Gasteiger partial charge in [-0.1, -0.05) is 63.6 Å². The minimum absolute atomic E-state index is 0.263. The van der Waals surface area contributed by atoms with E-state index >= 15 is 0 Å². The molecule has 0 radical (unpaired) electrons. The molecule has 2 aromatic carbocycles. The standard InChI is InChI=1S/C20H19BrN2O2/c21-17-8-6-16(7-9-17)20(10-12-24-13-11-20)19-22-18(23-25-19)14-15-4-2-1-3-5-15/h1-9H,10-14H2. The third-order valence-corrected chi connectivity index (χ3v) is 5.35. The maximum atomic E-state index is 5.74. The quantitative estimate of drug-likeness (QED) is 0.647. The van der Waals surface area contributed by atoms with Gasteiger partial charge in [-0.05, 0) is 36.1 Å². The lowest BCUT2D eigenvalue weighted by molar-refractivity contribution is 0.0523. The number of halogens is 1. The van der Waals surface area contributed by atoms with Crippen molar-refractivity contribution in [3.63, 3.8) is 0 Å². The summed E-state index contributed by atoms with van der Waals surface area (Å²) in [6.45, 7) is 1.40. The predicted molar refractivity (Wildman–Crippen MR) is 98.5 cm³/mol. The highest BCUT2D eigenvalue weighted by Gasteiger charge is 2.41. The molecule has 1 aromatic heterocycles. The van der Waals surface area contributed by atoms with Crippen LogP contribution in [0.25, 0.3) is 0 Å². The van der Waals surface area contributed by atoms with Gasteiger partial charge < -0.3 is 9.26 Å². The maximum absolute atomic E-state index is 5.74. The van der Waals surface area contributed by atoms with Crippen LogP contribution >= 0.6 is 15.9 Å². The van der Waals surface area contributed by atoms with E-state index in [1.165, 1.54) is 11.1 Å². The highest BCUT2D eigenvalue weighted by Crippen LogP contribution is 2.40. The third-order valence-electron chi connectivity index (χ3n) is 4.83. The first-order valence-electron chi connectivity index (χ1n) is 8.47. The second-order valence-electron chi connectivity index (χ2n) is 6.38. The molecule has 0 atom stereocenters. The second kappa shape index (κ2) is 7.10. The van der Waals surface area contributed by atoms with Gasteiger partial charge in [0.05, 0.1) is 5.41 Å². The van der Waals surface area contributed by atoms with Crippen molar-refractivity contribution in [3.8, 4) is 0 Å². The summed E-state index contributed by atoms with van der Waals surface area (Å²) in [6, 6.07) is 18.6. The van der Waals surface area contributed by atoms with Crippen molar-refractivity contribution in [1.29, 1.82) is 0 Å². The Morgan fingerprint density at radius 3 is 2.40 bits per heavy atom. The summed E-state index contributed by atoms with van der Waals surface area (Å²) in [5, 5.41) is 4.24. The zero-order valence-corrected chi connectivity index (χ0v) is 15.4. The average Bonchev–Trinajstić information content (AvgIpc) is 3.13. The molecule has 4 nitrogen and oxygen atoms in total. The minimum Gasteiger partial charge on any atom is -0.381 e. The van der Waals surface area contributed by atoms with E-state index in [2.05, 4.69) is 57.5 Å². The zero-order valence-electron chi connectivity index (χ0n) is 13.8. The first-order valence-corrected chi connectivity index (χ1v) is 9.26. The monoisotopic (exact) mass is 398 g/mol. The van der Waals surface area contributed by atoms with Gasteiger partial charge in [-0.2, -0.15) is 4.98 Å². The highest BCUT2D eigenvalue weighted by molar-refractivity contribution is 9.10. The number of hydrogen-bond acceptors (Lipinski definition) is 4. The van der Waals surface area contributed by atoms with E-state index in [-0.39, 0.29) is 5.41 Å². The van der Waals surface area contributed by atoms with Crippen molar-refractivity contribution in [2.45, 2.75) is 24.7 Å². The number of rotatable bonds is 4. The van der Waals surface area contributed by atoms with Gasteiger partial charge in [0, 0.05) is 24.1 Å². The summed E-state index contributed by atoms with van der Waals surface area (Å²) in [5.41, 5.74) is 2.12. The summed E-state index contributed by atoms with van der Waals surface area (Å²) in [6.07, 6.45) is 2.38. The highest BCUT2D eigenvalue weighted by atomic mass is 79.9. The average molecular weight is 399 g/mol. The van der Waals surface area contributed by atoms with Gasteiger partial charge in [0.25, 0.3) is 0 Å². The van der Waals surface area contributed by atoms with Crippen LogP contribution in [0.15, 0.2) is 63.6 Å².